The lowest BCUT2D eigenvalue weighted by molar-refractivity contribution is -0.117. The van der Waals surface area contributed by atoms with Crippen molar-refractivity contribution in [2.24, 2.45) is 0 Å². The molecule has 3 heterocycles. The van der Waals surface area contributed by atoms with Crippen LogP contribution in [0.2, 0.25) is 0 Å². The molecular formula is C43H43FN8O5. The average molecular weight is 771 g/mol. The number of pyridine rings is 2. The van der Waals surface area contributed by atoms with E-state index < -0.39 is 23.9 Å². The van der Waals surface area contributed by atoms with Crippen LogP contribution in [-0.2, 0) is 17.8 Å². The molecule has 1 unspecified atom stereocenters. The number of carbonyl (C=O) groups is 3. The van der Waals surface area contributed by atoms with Gasteiger partial charge in [0.1, 0.15) is 17.5 Å². The standard InChI is InChI=1S/C43H43FN8O5/c1-4-35-34(24-38(42(49-35)57-3)50-43(56)52-18-16-51(17-19-52)31-11-9-10-28(44)22-31)41(55)45-26(2)40(54)47-30-21-27(25-53)20-29(23-30)46-39-32-12-5-7-14-36(32)48-37-15-8-6-13-33(37)39/h5-15,20-24,26,53H,4,16-19,25H2,1-3H3,(H,45,55)(H,46,48)(H,47,54)(H,50,56). The van der Waals surface area contributed by atoms with Gasteiger partial charge in [0.2, 0.25) is 11.8 Å². The smallest absolute Gasteiger partial charge is 0.322 e. The zero-order valence-corrected chi connectivity index (χ0v) is 31.8. The van der Waals surface area contributed by atoms with Gasteiger partial charge in [0.15, 0.2) is 0 Å². The first kappa shape index (κ1) is 38.5. The number of ether oxygens (including phenoxy) is 1. The number of amides is 4. The van der Waals surface area contributed by atoms with Crippen molar-refractivity contribution < 1.29 is 28.6 Å². The largest absolute Gasteiger partial charge is 0.480 e. The minimum atomic E-state index is -0.987. The highest BCUT2D eigenvalue weighted by Crippen LogP contribution is 2.34. The van der Waals surface area contributed by atoms with Gasteiger partial charge in [0.05, 0.1) is 41.7 Å². The first-order chi connectivity index (χ1) is 27.6. The SMILES string of the molecule is CCc1nc(OC)c(NC(=O)N2CCN(c3cccc(F)c3)CC2)cc1C(=O)NC(C)C(=O)Nc1cc(CO)cc(Nc2c3ccccc3nc3ccccc23)c1. The van der Waals surface area contributed by atoms with Crippen LogP contribution in [0, 0.1) is 5.82 Å². The third-order valence-electron chi connectivity index (χ3n) is 9.86. The molecule has 292 valence electrons. The molecule has 7 rings (SSSR count). The zero-order chi connectivity index (χ0) is 40.1. The number of rotatable bonds is 11. The number of nitrogens with zero attached hydrogens (tertiary/aromatic N) is 4. The number of hydrogen-bond donors (Lipinski definition) is 5. The molecule has 2 aromatic heterocycles. The Kier molecular flexibility index (Phi) is 11.4. The number of nitrogens with one attached hydrogen (secondary N) is 4. The fourth-order valence-corrected chi connectivity index (χ4v) is 6.92. The Labute approximate surface area is 328 Å². The first-order valence-corrected chi connectivity index (χ1v) is 18.7. The summed E-state index contributed by atoms with van der Waals surface area (Å²) in [4.78, 5) is 53.6. The van der Waals surface area contributed by atoms with E-state index in [0.717, 1.165) is 33.2 Å². The van der Waals surface area contributed by atoms with Crippen molar-refractivity contribution in [1.82, 2.24) is 20.2 Å². The molecule has 0 radical (unpaired) electrons. The summed E-state index contributed by atoms with van der Waals surface area (Å²) in [7, 11) is 1.43. The lowest BCUT2D eigenvalue weighted by Gasteiger charge is -2.36. The van der Waals surface area contributed by atoms with Crippen molar-refractivity contribution in [1.29, 1.82) is 0 Å². The van der Waals surface area contributed by atoms with Crippen molar-refractivity contribution in [3.05, 3.63) is 120 Å². The molecule has 1 saturated heterocycles. The second kappa shape index (κ2) is 16.9. The molecule has 0 spiro atoms. The Bertz CT molecular complexity index is 2420. The number of anilines is 5. The Morgan fingerprint density at radius 1 is 0.842 bits per heavy atom. The lowest BCUT2D eigenvalue weighted by atomic mass is 10.1. The monoisotopic (exact) mass is 770 g/mol. The van der Waals surface area contributed by atoms with Gasteiger partial charge < -0.3 is 40.9 Å². The fourth-order valence-electron chi connectivity index (χ4n) is 6.92. The maximum Gasteiger partial charge on any atom is 0.322 e. The number of aliphatic hydroxyl groups excluding tert-OH is 1. The van der Waals surface area contributed by atoms with Crippen LogP contribution in [0.1, 0.15) is 35.5 Å². The number of piperazine rings is 1. The van der Waals surface area contributed by atoms with E-state index >= 15 is 0 Å². The minimum absolute atomic E-state index is 0.141. The van der Waals surface area contributed by atoms with Crippen molar-refractivity contribution in [3.8, 4) is 5.88 Å². The van der Waals surface area contributed by atoms with Gasteiger partial charge in [0.25, 0.3) is 5.91 Å². The number of fused-ring (bicyclic) bond motifs is 2. The molecule has 0 saturated carbocycles. The van der Waals surface area contributed by atoms with E-state index in [1.807, 2.05) is 66.4 Å². The summed E-state index contributed by atoms with van der Waals surface area (Å²) in [5.74, 6) is -1.24. The highest BCUT2D eigenvalue weighted by atomic mass is 19.1. The van der Waals surface area contributed by atoms with Crippen molar-refractivity contribution in [2.75, 3.05) is 54.1 Å². The molecule has 14 heteroatoms. The maximum absolute atomic E-state index is 13.8. The summed E-state index contributed by atoms with van der Waals surface area (Å²) in [5, 5.41) is 23.9. The van der Waals surface area contributed by atoms with Crippen LogP contribution in [0.3, 0.4) is 0 Å². The van der Waals surface area contributed by atoms with Crippen LogP contribution in [0.25, 0.3) is 21.8 Å². The van der Waals surface area contributed by atoms with Gasteiger partial charge in [0, 0.05) is 54.0 Å². The molecule has 4 aromatic carbocycles. The number of carbonyl (C=O) groups excluding carboxylic acids is 3. The molecule has 13 nitrogen and oxygen atoms in total. The van der Waals surface area contributed by atoms with Crippen molar-refractivity contribution in [2.45, 2.75) is 32.9 Å². The van der Waals surface area contributed by atoms with E-state index in [1.165, 1.54) is 25.3 Å². The summed E-state index contributed by atoms with van der Waals surface area (Å²) in [6, 6.07) is 27.3. The number of halogens is 1. The second-order valence-corrected chi connectivity index (χ2v) is 13.7. The summed E-state index contributed by atoms with van der Waals surface area (Å²) in [6.07, 6.45) is 0.377. The van der Waals surface area contributed by atoms with Crippen LogP contribution in [0.4, 0.5) is 37.6 Å². The molecule has 1 atom stereocenters. The third-order valence-corrected chi connectivity index (χ3v) is 9.86. The zero-order valence-electron chi connectivity index (χ0n) is 31.8. The minimum Gasteiger partial charge on any atom is -0.480 e. The van der Waals surface area contributed by atoms with Gasteiger partial charge in [-0.2, -0.15) is 0 Å². The van der Waals surface area contributed by atoms with E-state index in [-0.39, 0.29) is 29.6 Å². The number of aryl methyl sites for hydroxylation is 1. The van der Waals surface area contributed by atoms with Crippen LogP contribution >= 0.6 is 0 Å². The Morgan fingerprint density at radius 3 is 2.18 bits per heavy atom. The number of benzene rings is 4. The van der Waals surface area contributed by atoms with Gasteiger partial charge in [-0.3, -0.25) is 9.59 Å². The number of urea groups is 1. The van der Waals surface area contributed by atoms with Gasteiger partial charge in [-0.15, -0.1) is 0 Å². The van der Waals surface area contributed by atoms with E-state index in [1.54, 1.807) is 36.1 Å². The summed E-state index contributed by atoms with van der Waals surface area (Å²) < 4.78 is 19.3. The molecule has 1 fully saturated rings. The fraction of sp³-hybridized carbons (Fsp3) is 0.233. The maximum atomic E-state index is 13.8. The topological polar surface area (TPSA) is 161 Å². The molecular weight excluding hydrogens is 728 g/mol. The average Bonchev–Trinajstić information content (AvgIpc) is 3.23. The van der Waals surface area contributed by atoms with Crippen LogP contribution in [0.15, 0.2) is 97.1 Å². The lowest BCUT2D eigenvalue weighted by Crippen LogP contribution is -2.50. The van der Waals surface area contributed by atoms with Gasteiger partial charge in [-0.25, -0.2) is 19.2 Å². The quantitative estimate of drug-likeness (QED) is 0.0889. The normalized spacial score (nSPS) is 13.3. The number of aliphatic hydroxyl groups is 1. The molecule has 1 aliphatic heterocycles. The number of methoxy groups -OCH3 is 1. The number of hydrogen-bond acceptors (Lipinski definition) is 9. The van der Waals surface area contributed by atoms with Crippen molar-refractivity contribution in [3.63, 3.8) is 0 Å². The van der Waals surface area contributed by atoms with Crippen LogP contribution < -0.4 is 30.9 Å². The predicted octanol–water partition coefficient (Wildman–Crippen LogP) is 6.84. The number of para-hydroxylation sites is 2. The molecule has 6 aromatic rings. The van der Waals surface area contributed by atoms with Gasteiger partial charge in [-0.1, -0.05) is 49.4 Å². The molecule has 1 aliphatic rings. The Hall–Kier alpha value is -6.80. The van der Waals surface area contributed by atoms with Crippen LogP contribution in [0.5, 0.6) is 5.88 Å². The Morgan fingerprint density at radius 2 is 1.53 bits per heavy atom. The van der Waals surface area contributed by atoms with Crippen LogP contribution in [-0.4, -0.2) is 77.2 Å². The Balaban J connectivity index is 1.04. The summed E-state index contributed by atoms with van der Waals surface area (Å²) >= 11 is 0. The molecule has 0 aliphatic carbocycles. The molecule has 4 amide bonds. The third kappa shape index (κ3) is 8.55. The highest BCUT2D eigenvalue weighted by Gasteiger charge is 2.26. The molecule has 0 bridgehead atoms. The second-order valence-electron chi connectivity index (χ2n) is 13.7. The van der Waals surface area contributed by atoms with E-state index in [4.69, 9.17) is 9.72 Å². The predicted molar refractivity (Wildman–Crippen MR) is 220 cm³/mol. The van der Waals surface area contributed by atoms with E-state index in [2.05, 4.69) is 26.3 Å². The van der Waals surface area contributed by atoms with E-state index in [0.29, 0.717) is 55.2 Å². The van der Waals surface area contributed by atoms with Gasteiger partial charge in [-0.05, 0) is 73.5 Å². The van der Waals surface area contributed by atoms with E-state index in [9.17, 15) is 23.9 Å². The summed E-state index contributed by atoms with van der Waals surface area (Å²) in [6.45, 7) is 4.93. The number of aromatic nitrogens is 2. The first-order valence-electron chi connectivity index (χ1n) is 18.7. The van der Waals surface area contributed by atoms with Crippen molar-refractivity contribution >= 4 is 68.1 Å². The highest BCUT2D eigenvalue weighted by molar-refractivity contribution is 6.09. The summed E-state index contributed by atoms with van der Waals surface area (Å²) in [5.41, 5.74) is 5.63. The molecule has 5 N–H and O–H groups in total. The molecule has 57 heavy (non-hydrogen) atoms. The van der Waals surface area contributed by atoms with Gasteiger partial charge >= 0.3 is 6.03 Å².